The molecule has 0 atom stereocenters. The summed E-state index contributed by atoms with van der Waals surface area (Å²) in [6.07, 6.45) is 3.18. The van der Waals surface area contributed by atoms with Crippen molar-refractivity contribution < 1.29 is 141 Å². The first-order valence-corrected chi connectivity index (χ1v) is 15.4. The smallest absolute Gasteiger partial charge is 1.00 e. The SMILES string of the molecule is CCCCCCC(=O)Oc1cc(S(=O)(=O)O)c2ccc3c(S(=O)(=O)O)cc(S(=O)(=O)O)c4ccc1c2c43.[H-].[H-].[H-].[Na+].[Na+].[Na+]. The number of ether oxygens (including phenoxy) is 1. The van der Waals surface area contributed by atoms with Gasteiger partial charge in [-0.25, -0.2) is 0 Å². The summed E-state index contributed by atoms with van der Waals surface area (Å²) in [6, 6.07) is 6.40. The predicted octanol–water partition coefficient (Wildman–Crippen LogP) is -4.45. The molecule has 0 saturated carbocycles. The van der Waals surface area contributed by atoms with Crippen molar-refractivity contribution in [3.8, 4) is 5.75 Å². The van der Waals surface area contributed by atoms with Crippen LogP contribution in [-0.4, -0.2) is 44.9 Å². The number of esters is 1. The fourth-order valence-corrected chi connectivity index (χ4v) is 6.67. The van der Waals surface area contributed by atoms with Crippen molar-refractivity contribution in [1.82, 2.24) is 0 Å². The Bertz CT molecular complexity index is 1850. The van der Waals surface area contributed by atoms with Gasteiger partial charge in [-0.15, -0.1) is 0 Å². The molecule has 4 rings (SSSR count). The van der Waals surface area contributed by atoms with Crippen LogP contribution in [0.1, 0.15) is 43.3 Å². The topological polar surface area (TPSA) is 189 Å². The summed E-state index contributed by atoms with van der Waals surface area (Å²) < 4.78 is 108. The van der Waals surface area contributed by atoms with Crippen LogP contribution in [0.15, 0.2) is 51.1 Å². The number of hydrogen-bond acceptors (Lipinski definition) is 8. The molecule has 0 aliphatic heterocycles. The molecule has 0 radical (unpaired) electrons. The second-order valence-electron chi connectivity index (χ2n) is 8.53. The fraction of sp³-hybridized carbons (Fsp3) is 0.261. The number of benzene rings is 4. The molecule has 4 aromatic rings. The van der Waals surface area contributed by atoms with Gasteiger partial charge in [0.2, 0.25) is 0 Å². The first-order valence-electron chi connectivity index (χ1n) is 11.1. The van der Waals surface area contributed by atoms with E-state index < -0.39 is 51.0 Å². The van der Waals surface area contributed by atoms with Crippen molar-refractivity contribution in [1.29, 1.82) is 0 Å². The maximum Gasteiger partial charge on any atom is 1.00 e. The molecule has 0 fully saturated rings. The Kier molecular flexibility index (Phi) is 13.6. The van der Waals surface area contributed by atoms with Crippen LogP contribution in [0, 0.1) is 0 Å². The van der Waals surface area contributed by atoms with Crippen molar-refractivity contribution in [2.75, 3.05) is 0 Å². The molecule has 17 heteroatoms. The molecule has 0 bridgehead atoms. The summed E-state index contributed by atoms with van der Waals surface area (Å²) in [4.78, 5) is 10.1. The van der Waals surface area contributed by atoms with E-state index in [1.165, 1.54) is 18.2 Å². The minimum absolute atomic E-state index is 0. The summed E-state index contributed by atoms with van der Waals surface area (Å²) >= 11 is 0. The zero-order chi connectivity index (χ0) is 27.3. The Hall–Kier alpha value is 0.120. The Labute approximate surface area is 302 Å². The van der Waals surface area contributed by atoms with Crippen LogP contribution >= 0.6 is 0 Å². The number of unbranched alkanes of at least 4 members (excludes halogenated alkanes) is 3. The molecule has 0 saturated heterocycles. The van der Waals surface area contributed by atoms with E-state index in [0.717, 1.165) is 31.4 Å². The van der Waals surface area contributed by atoms with Crippen molar-refractivity contribution in [3.63, 3.8) is 0 Å². The molecular formula is C23H25Na3O11S3. The number of hydrogen-bond donors (Lipinski definition) is 3. The van der Waals surface area contributed by atoms with Crippen molar-refractivity contribution in [3.05, 3.63) is 36.4 Å². The third-order valence-electron chi connectivity index (χ3n) is 6.04. The molecule has 0 aliphatic rings. The van der Waals surface area contributed by atoms with E-state index >= 15 is 0 Å². The third-order valence-corrected chi connectivity index (χ3v) is 8.72. The van der Waals surface area contributed by atoms with Gasteiger partial charge in [0.15, 0.2) is 0 Å². The van der Waals surface area contributed by atoms with Crippen molar-refractivity contribution in [2.45, 2.75) is 53.7 Å². The average molecular weight is 643 g/mol. The number of carbonyl (C=O) groups is 1. The fourth-order valence-electron chi connectivity index (χ4n) is 4.46. The Morgan fingerprint density at radius 3 is 1.50 bits per heavy atom. The molecule has 4 aromatic carbocycles. The number of rotatable bonds is 9. The largest absolute Gasteiger partial charge is 1.00 e. The second-order valence-corrected chi connectivity index (χ2v) is 12.7. The normalized spacial score (nSPS) is 12.1. The molecule has 0 heterocycles. The monoisotopic (exact) mass is 642 g/mol. The van der Waals surface area contributed by atoms with Gasteiger partial charge in [0, 0.05) is 44.8 Å². The van der Waals surface area contributed by atoms with Crippen LogP contribution in [-0.2, 0) is 35.1 Å². The van der Waals surface area contributed by atoms with Crippen LogP contribution in [0.3, 0.4) is 0 Å². The summed E-state index contributed by atoms with van der Waals surface area (Å²) in [5.41, 5.74) is 0. The van der Waals surface area contributed by atoms with E-state index in [2.05, 4.69) is 0 Å². The van der Waals surface area contributed by atoms with Gasteiger partial charge >= 0.3 is 94.6 Å². The molecule has 0 unspecified atom stereocenters. The molecule has 0 spiro atoms. The van der Waals surface area contributed by atoms with Gasteiger partial charge in [0.05, 0.1) is 0 Å². The summed E-state index contributed by atoms with van der Waals surface area (Å²) in [7, 11) is -15.0. The standard InChI is InChI=1S/C23H22O11S3.3Na.3H/c1-2-3-4-5-6-21(24)34-17-11-18(35(25,26)27)14-9-10-16-20(37(31,32)33)12-19(36(28,29)30)15-8-7-13(17)22(14)23(15)16;;;;;;/h7-12H,2-6H2,1H3,(H,25,26,27)(H,28,29,30)(H,31,32,33);;;;;;/q;3*+1;3*-1. The first kappa shape index (κ1) is 38.1. The summed E-state index contributed by atoms with van der Waals surface area (Å²) in [5, 5.41) is -0.610. The third kappa shape index (κ3) is 7.79. The quantitative estimate of drug-likeness (QED) is 0.0399. The van der Waals surface area contributed by atoms with E-state index in [-0.39, 0.29) is 137 Å². The average Bonchev–Trinajstić information content (AvgIpc) is 2.78. The van der Waals surface area contributed by atoms with E-state index in [9.17, 15) is 43.7 Å². The Morgan fingerprint density at radius 2 is 1.07 bits per heavy atom. The molecule has 0 aliphatic carbocycles. The minimum Gasteiger partial charge on any atom is -1.00 e. The van der Waals surface area contributed by atoms with E-state index in [1.54, 1.807) is 0 Å². The number of carbonyl (C=O) groups excluding carboxylic acids is 1. The van der Waals surface area contributed by atoms with Crippen LogP contribution in [0.5, 0.6) is 5.75 Å². The summed E-state index contributed by atoms with van der Waals surface area (Å²) in [5.74, 6) is -0.939. The maximum atomic E-state index is 12.5. The van der Waals surface area contributed by atoms with E-state index in [0.29, 0.717) is 12.5 Å². The molecular weight excluding hydrogens is 617 g/mol. The first-order chi connectivity index (χ1) is 17.1. The van der Waals surface area contributed by atoms with Gasteiger partial charge in [0.1, 0.15) is 20.4 Å². The van der Waals surface area contributed by atoms with Gasteiger partial charge in [0.25, 0.3) is 30.4 Å². The second kappa shape index (κ2) is 14.3. The van der Waals surface area contributed by atoms with E-state index in [1.807, 2.05) is 6.92 Å². The van der Waals surface area contributed by atoms with Crippen LogP contribution in [0.2, 0.25) is 0 Å². The maximum absolute atomic E-state index is 12.5. The Morgan fingerprint density at radius 1 is 0.675 bits per heavy atom. The van der Waals surface area contributed by atoms with Crippen LogP contribution in [0.4, 0.5) is 0 Å². The summed E-state index contributed by atoms with van der Waals surface area (Å²) in [6.45, 7) is 2.00. The molecule has 40 heavy (non-hydrogen) atoms. The zero-order valence-electron chi connectivity index (χ0n) is 25.3. The van der Waals surface area contributed by atoms with Crippen LogP contribution < -0.4 is 93.4 Å². The van der Waals surface area contributed by atoms with E-state index in [4.69, 9.17) is 4.74 Å². The van der Waals surface area contributed by atoms with Crippen molar-refractivity contribution in [2.24, 2.45) is 0 Å². The van der Waals surface area contributed by atoms with Gasteiger partial charge in [-0.05, 0) is 18.6 Å². The molecule has 0 aromatic heterocycles. The van der Waals surface area contributed by atoms with Gasteiger partial charge < -0.3 is 9.02 Å². The molecule has 204 valence electrons. The van der Waals surface area contributed by atoms with Gasteiger partial charge in [-0.1, -0.05) is 44.4 Å². The van der Waals surface area contributed by atoms with Gasteiger partial charge in [-0.3, -0.25) is 18.5 Å². The van der Waals surface area contributed by atoms with Crippen LogP contribution in [0.25, 0.3) is 32.3 Å². The zero-order valence-corrected chi connectivity index (χ0v) is 30.8. The predicted molar refractivity (Wildman–Crippen MR) is 137 cm³/mol. The molecule has 11 nitrogen and oxygen atoms in total. The molecule has 3 N–H and O–H groups in total. The minimum atomic E-state index is -5.02. The molecule has 0 amide bonds. The Balaban J connectivity index is -0.00000267. The van der Waals surface area contributed by atoms with Crippen molar-refractivity contribution >= 4 is 68.6 Å². The van der Waals surface area contributed by atoms with Gasteiger partial charge in [-0.2, -0.15) is 25.3 Å².